The number of fused-ring (bicyclic) bond motifs is 1. The Morgan fingerprint density at radius 3 is 2.82 bits per heavy atom. The van der Waals surface area contributed by atoms with E-state index < -0.39 is 6.36 Å². The van der Waals surface area contributed by atoms with Crippen LogP contribution in [0.1, 0.15) is 12.0 Å². The predicted octanol–water partition coefficient (Wildman–Crippen LogP) is 2.30. The highest BCUT2D eigenvalue weighted by Gasteiger charge is 2.31. The maximum Gasteiger partial charge on any atom is 0.573 e. The molecule has 0 aromatic heterocycles. The first-order chi connectivity index (χ1) is 7.98. The van der Waals surface area contributed by atoms with Crippen molar-refractivity contribution in [1.29, 1.82) is 0 Å². The quantitative estimate of drug-likeness (QED) is 0.842. The number of halogens is 3. The topological polar surface area (TPSA) is 41.5 Å². The van der Waals surface area contributed by atoms with Gasteiger partial charge in [0.2, 0.25) is 0 Å². The van der Waals surface area contributed by atoms with Crippen LogP contribution in [0.3, 0.4) is 0 Å². The molecule has 17 heavy (non-hydrogen) atoms. The van der Waals surface area contributed by atoms with Crippen molar-refractivity contribution in [2.45, 2.75) is 25.2 Å². The van der Waals surface area contributed by atoms with Crippen LogP contribution in [0.25, 0.3) is 0 Å². The molecular formula is C11H12F3NO2. The highest BCUT2D eigenvalue weighted by Crippen LogP contribution is 2.31. The van der Waals surface area contributed by atoms with Crippen LogP contribution >= 0.6 is 0 Å². The smallest absolute Gasteiger partial charge is 0.406 e. The van der Waals surface area contributed by atoms with E-state index in [4.69, 9.17) is 5.11 Å². The van der Waals surface area contributed by atoms with Gasteiger partial charge in [-0.2, -0.15) is 0 Å². The number of alkyl halides is 3. The van der Waals surface area contributed by atoms with Gasteiger partial charge >= 0.3 is 6.36 Å². The number of aliphatic hydroxyl groups excluding tert-OH is 1. The first kappa shape index (κ1) is 12.0. The lowest BCUT2D eigenvalue weighted by atomic mass is 9.98. The Balaban J connectivity index is 2.16. The molecule has 0 radical (unpaired) electrons. The molecule has 0 saturated carbocycles. The summed E-state index contributed by atoms with van der Waals surface area (Å²) in [4.78, 5) is 0. The van der Waals surface area contributed by atoms with Gasteiger partial charge in [0, 0.05) is 11.7 Å². The van der Waals surface area contributed by atoms with Gasteiger partial charge < -0.3 is 15.2 Å². The third-order valence-corrected chi connectivity index (χ3v) is 2.65. The fraction of sp³-hybridized carbons (Fsp3) is 0.455. The van der Waals surface area contributed by atoms with Crippen molar-refractivity contribution >= 4 is 5.69 Å². The minimum Gasteiger partial charge on any atom is -0.406 e. The predicted molar refractivity (Wildman–Crippen MR) is 55.9 cm³/mol. The summed E-state index contributed by atoms with van der Waals surface area (Å²) in [6.45, 7) is 0.0141. The lowest BCUT2D eigenvalue weighted by Crippen LogP contribution is -2.28. The van der Waals surface area contributed by atoms with E-state index in [0.29, 0.717) is 12.8 Å². The van der Waals surface area contributed by atoms with Crippen molar-refractivity contribution in [1.82, 2.24) is 0 Å². The van der Waals surface area contributed by atoms with E-state index in [9.17, 15) is 13.2 Å². The van der Waals surface area contributed by atoms with Gasteiger partial charge in [-0.15, -0.1) is 13.2 Å². The summed E-state index contributed by atoms with van der Waals surface area (Å²) < 4.78 is 39.9. The standard InChI is InChI=1S/C11H12F3NO2/c12-11(13,14)17-9-3-4-10-7(5-9)1-2-8(6-16)15-10/h3-5,8,15-16H,1-2,6H2/t8-/m1/s1. The third-order valence-electron chi connectivity index (χ3n) is 2.65. The number of nitrogens with one attached hydrogen (secondary N) is 1. The van der Waals surface area contributed by atoms with Crippen LogP contribution in [0, 0.1) is 0 Å². The number of hydrogen-bond donors (Lipinski definition) is 2. The number of ether oxygens (including phenoxy) is 1. The summed E-state index contributed by atoms with van der Waals surface area (Å²) in [5, 5.41) is 12.0. The number of rotatable bonds is 2. The van der Waals surface area contributed by atoms with Gasteiger partial charge in [-0.3, -0.25) is 0 Å². The zero-order chi connectivity index (χ0) is 12.5. The Hall–Kier alpha value is -1.43. The lowest BCUT2D eigenvalue weighted by Gasteiger charge is -2.26. The molecule has 2 rings (SSSR count). The van der Waals surface area contributed by atoms with Crippen molar-refractivity contribution in [3.8, 4) is 5.75 Å². The van der Waals surface area contributed by atoms with Crippen LogP contribution in [0.5, 0.6) is 5.75 Å². The Morgan fingerprint density at radius 2 is 2.18 bits per heavy atom. The monoisotopic (exact) mass is 247 g/mol. The Bertz CT molecular complexity index is 406. The van der Waals surface area contributed by atoms with Gasteiger partial charge in [-0.1, -0.05) is 0 Å². The fourth-order valence-corrected chi connectivity index (χ4v) is 1.87. The number of hydrogen-bond acceptors (Lipinski definition) is 3. The molecule has 0 saturated heterocycles. The van der Waals surface area contributed by atoms with Crippen molar-refractivity contribution in [3.05, 3.63) is 23.8 Å². The molecular weight excluding hydrogens is 235 g/mol. The summed E-state index contributed by atoms with van der Waals surface area (Å²) >= 11 is 0. The number of benzene rings is 1. The molecule has 1 aliphatic heterocycles. The molecule has 1 aromatic carbocycles. The first-order valence-corrected chi connectivity index (χ1v) is 5.24. The molecule has 3 nitrogen and oxygen atoms in total. The average Bonchev–Trinajstić information content (AvgIpc) is 2.26. The van der Waals surface area contributed by atoms with Crippen LogP contribution in [-0.4, -0.2) is 24.1 Å². The van der Waals surface area contributed by atoms with E-state index in [2.05, 4.69) is 10.1 Å². The zero-order valence-corrected chi connectivity index (χ0v) is 8.92. The summed E-state index contributed by atoms with van der Waals surface area (Å²) in [7, 11) is 0. The first-order valence-electron chi connectivity index (χ1n) is 5.24. The minimum absolute atomic E-state index is 0.0141. The van der Waals surface area contributed by atoms with Gasteiger partial charge in [-0.05, 0) is 36.6 Å². The maximum absolute atomic E-state index is 12.0. The van der Waals surface area contributed by atoms with E-state index in [-0.39, 0.29) is 18.4 Å². The molecule has 2 N–H and O–H groups in total. The molecule has 1 atom stereocenters. The van der Waals surface area contributed by atoms with Gasteiger partial charge in [0.25, 0.3) is 0 Å². The molecule has 0 amide bonds. The highest BCUT2D eigenvalue weighted by atomic mass is 19.4. The summed E-state index contributed by atoms with van der Waals surface area (Å²) in [5.41, 5.74) is 1.53. The Morgan fingerprint density at radius 1 is 1.41 bits per heavy atom. The van der Waals surface area contributed by atoms with Gasteiger partial charge in [0.05, 0.1) is 6.61 Å². The van der Waals surface area contributed by atoms with Gasteiger partial charge in [-0.25, -0.2) is 0 Å². The lowest BCUT2D eigenvalue weighted by molar-refractivity contribution is -0.274. The van der Waals surface area contributed by atoms with Gasteiger partial charge in [0.15, 0.2) is 0 Å². The molecule has 1 heterocycles. The van der Waals surface area contributed by atoms with E-state index in [1.807, 2.05) is 0 Å². The number of aryl methyl sites for hydroxylation is 1. The van der Waals surface area contributed by atoms with E-state index in [1.54, 1.807) is 0 Å². The molecule has 0 bridgehead atoms. The molecule has 6 heteroatoms. The molecule has 1 aromatic rings. The van der Waals surface area contributed by atoms with Crippen LogP contribution in [0.4, 0.5) is 18.9 Å². The second-order valence-electron chi connectivity index (χ2n) is 3.93. The maximum atomic E-state index is 12.0. The molecule has 0 fully saturated rings. The van der Waals surface area contributed by atoms with Crippen LogP contribution in [0.15, 0.2) is 18.2 Å². The summed E-state index contributed by atoms with van der Waals surface area (Å²) in [6, 6.07) is 4.15. The van der Waals surface area contributed by atoms with Crippen molar-refractivity contribution in [2.75, 3.05) is 11.9 Å². The molecule has 0 spiro atoms. The summed E-state index contributed by atoms with van der Waals surface area (Å²) in [5.74, 6) is -0.208. The van der Waals surface area contributed by atoms with Crippen molar-refractivity contribution in [3.63, 3.8) is 0 Å². The van der Waals surface area contributed by atoms with Crippen LogP contribution in [-0.2, 0) is 6.42 Å². The van der Waals surface area contributed by atoms with Crippen molar-refractivity contribution < 1.29 is 23.0 Å². The zero-order valence-electron chi connectivity index (χ0n) is 8.92. The van der Waals surface area contributed by atoms with Crippen LogP contribution in [0.2, 0.25) is 0 Å². The molecule has 94 valence electrons. The molecule has 0 aliphatic carbocycles. The van der Waals surface area contributed by atoms with E-state index >= 15 is 0 Å². The average molecular weight is 247 g/mol. The molecule has 0 unspecified atom stereocenters. The number of aliphatic hydroxyl groups is 1. The van der Waals surface area contributed by atoms with Crippen molar-refractivity contribution in [2.24, 2.45) is 0 Å². The Labute approximate surface area is 96.2 Å². The summed E-state index contributed by atoms with van der Waals surface area (Å²) in [6.07, 6.45) is -3.34. The largest absolute Gasteiger partial charge is 0.573 e. The number of anilines is 1. The molecule has 1 aliphatic rings. The van der Waals surface area contributed by atoms with E-state index in [1.165, 1.54) is 18.2 Å². The van der Waals surface area contributed by atoms with Gasteiger partial charge in [0.1, 0.15) is 5.75 Å². The SMILES string of the molecule is OC[C@H]1CCc2cc(OC(F)(F)F)ccc2N1. The second kappa shape index (κ2) is 4.44. The minimum atomic E-state index is -4.66. The fourth-order valence-electron chi connectivity index (χ4n) is 1.87. The normalized spacial score (nSPS) is 19.4. The second-order valence-corrected chi connectivity index (χ2v) is 3.93. The highest BCUT2D eigenvalue weighted by molar-refractivity contribution is 5.56. The Kier molecular flexibility index (Phi) is 3.15. The third kappa shape index (κ3) is 3.03. The van der Waals surface area contributed by atoms with E-state index in [0.717, 1.165) is 11.3 Å². The van der Waals surface area contributed by atoms with Crippen LogP contribution < -0.4 is 10.1 Å².